The van der Waals surface area contributed by atoms with Gasteiger partial charge in [0.2, 0.25) is 0 Å². The molecule has 2 aliphatic heterocycles. The van der Waals surface area contributed by atoms with Crippen molar-refractivity contribution < 1.29 is 13.7 Å². The lowest BCUT2D eigenvalue weighted by molar-refractivity contribution is 0.0898. The van der Waals surface area contributed by atoms with Crippen LogP contribution in [0, 0.1) is 18.7 Å². The molecule has 1 saturated carbocycles. The molecule has 3 aromatic rings. The first kappa shape index (κ1) is 17.3. The van der Waals surface area contributed by atoms with Gasteiger partial charge in [0.25, 0.3) is 5.89 Å². The summed E-state index contributed by atoms with van der Waals surface area (Å²) in [4.78, 5) is 24.4. The number of carbonyl (C=O) groups excluding carboxylic acids is 1. The number of aryl methyl sites for hydroxylation is 1. The van der Waals surface area contributed by atoms with Crippen molar-refractivity contribution in [1.82, 2.24) is 20.0 Å². The molecule has 2 bridgehead atoms. The van der Waals surface area contributed by atoms with Crippen LogP contribution in [0.3, 0.4) is 0 Å². The normalized spacial score (nSPS) is 22.9. The van der Waals surface area contributed by atoms with Crippen molar-refractivity contribution in [1.29, 1.82) is 0 Å². The van der Waals surface area contributed by atoms with Gasteiger partial charge in [0, 0.05) is 24.0 Å². The van der Waals surface area contributed by atoms with E-state index in [0.29, 0.717) is 35.7 Å². The molecule has 0 unspecified atom stereocenters. The predicted molar refractivity (Wildman–Crippen MR) is 100 cm³/mol. The summed E-state index contributed by atoms with van der Waals surface area (Å²) < 4.78 is 18.4. The molecule has 1 aromatic carbocycles. The monoisotopic (exact) mass is 399 g/mol. The minimum absolute atomic E-state index is 0.196. The third kappa shape index (κ3) is 2.86. The van der Waals surface area contributed by atoms with E-state index < -0.39 is 5.54 Å². The Hall–Kier alpha value is -2.81. The molecule has 144 valence electrons. The molecule has 3 aliphatic rings. The number of amides is 2. The quantitative estimate of drug-likeness (QED) is 0.723. The summed E-state index contributed by atoms with van der Waals surface area (Å²) in [5.74, 6) is 1.31. The lowest BCUT2D eigenvalue weighted by atomic mass is 9.73. The first-order valence-corrected chi connectivity index (χ1v) is 9.92. The second kappa shape index (κ2) is 6.37. The fourth-order valence-electron chi connectivity index (χ4n) is 4.14. The molecule has 2 amide bonds. The van der Waals surface area contributed by atoms with E-state index in [1.165, 1.54) is 23.5 Å². The van der Waals surface area contributed by atoms with Crippen LogP contribution >= 0.6 is 11.3 Å². The molecule has 4 heterocycles. The summed E-state index contributed by atoms with van der Waals surface area (Å²) in [6.45, 7) is 2.46. The number of nitrogens with one attached hydrogen (secondary N) is 1. The van der Waals surface area contributed by atoms with Crippen molar-refractivity contribution in [3.05, 3.63) is 58.4 Å². The molecule has 2 saturated heterocycles. The van der Waals surface area contributed by atoms with E-state index in [1.807, 2.05) is 0 Å². The highest BCUT2D eigenvalue weighted by Gasteiger charge is 2.62. The number of rotatable bonds is 4. The summed E-state index contributed by atoms with van der Waals surface area (Å²) in [7, 11) is 0. The van der Waals surface area contributed by atoms with Crippen LogP contribution in [0.2, 0.25) is 0 Å². The molecule has 0 radical (unpaired) electrons. The van der Waals surface area contributed by atoms with Crippen molar-refractivity contribution in [3.63, 3.8) is 0 Å². The van der Waals surface area contributed by atoms with Gasteiger partial charge in [0.15, 0.2) is 11.0 Å². The standard InChI is InChI=1S/C19H18FN5O2S/c1-11-22-16(27-24-11)19-7-13(8-19)10-25(19)18(26)23-17-21-9-15(28-17)6-12-2-4-14(20)5-3-12/h2-5,9,13H,6-8,10H2,1H3,(H,21,23,26). The fourth-order valence-corrected chi connectivity index (χ4v) is 4.98. The van der Waals surface area contributed by atoms with Crippen molar-refractivity contribution in [3.8, 4) is 0 Å². The molecule has 2 aromatic heterocycles. The minimum atomic E-state index is -0.482. The van der Waals surface area contributed by atoms with Gasteiger partial charge in [0.05, 0.1) is 0 Å². The largest absolute Gasteiger partial charge is 0.337 e. The number of benzene rings is 1. The zero-order valence-electron chi connectivity index (χ0n) is 15.2. The maximum atomic E-state index is 13.0. The minimum Gasteiger partial charge on any atom is -0.337 e. The summed E-state index contributed by atoms with van der Waals surface area (Å²) in [6.07, 6.45) is 4.10. The molecule has 3 fully saturated rings. The van der Waals surface area contributed by atoms with Gasteiger partial charge in [-0.3, -0.25) is 5.32 Å². The van der Waals surface area contributed by atoms with Crippen LogP contribution in [0.4, 0.5) is 14.3 Å². The molecule has 1 aliphatic carbocycles. The van der Waals surface area contributed by atoms with E-state index in [1.54, 1.807) is 30.2 Å². The molecule has 7 nitrogen and oxygen atoms in total. The van der Waals surface area contributed by atoms with E-state index in [2.05, 4.69) is 20.4 Å². The summed E-state index contributed by atoms with van der Waals surface area (Å²) in [5.41, 5.74) is 0.513. The van der Waals surface area contributed by atoms with Crippen LogP contribution < -0.4 is 5.32 Å². The first-order valence-electron chi connectivity index (χ1n) is 9.10. The number of hydrogen-bond donors (Lipinski definition) is 1. The van der Waals surface area contributed by atoms with Gasteiger partial charge in [-0.05, 0) is 43.4 Å². The number of halogens is 1. The number of fused-ring (bicyclic) bond motifs is 1. The molecule has 0 spiro atoms. The Morgan fingerprint density at radius 3 is 2.89 bits per heavy atom. The molecule has 1 N–H and O–H groups in total. The summed E-state index contributed by atoms with van der Waals surface area (Å²) in [6, 6.07) is 6.19. The van der Waals surface area contributed by atoms with Crippen molar-refractivity contribution in [2.75, 3.05) is 11.9 Å². The number of nitrogens with zero attached hydrogens (tertiary/aromatic N) is 4. The maximum absolute atomic E-state index is 13.0. The lowest BCUT2D eigenvalue weighted by Crippen LogP contribution is -2.47. The van der Waals surface area contributed by atoms with Crippen LogP contribution in [0.25, 0.3) is 0 Å². The average molecular weight is 399 g/mol. The number of anilines is 1. The summed E-state index contributed by atoms with van der Waals surface area (Å²) in [5, 5.41) is 7.33. The van der Waals surface area contributed by atoms with Crippen molar-refractivity contribution >= 4 is 22.5 Å². The summed E-state index contributed by atoms with van der Waals surface area (Å²) >= 11 is 1.42. The average Bonchev–Trinajstić information content (AvgIpc) is 3.39. The van der Waals surface area contributed by atoms with Gasteiger partial charge >= 0.3 is 6.03 Å². The highest BCUT2D eigenvalue weighted by atomic mass is 32.1. The van der Waals surface area contributed by atoms with Crippen LogP contribution in [0.15, 0.2) is 35.0 Å². The Kier molecular flexibility index (Phi) is 3.94. The highest BCUT2D eigenvalue weighted by molar-refractivity contribution is 7.15. The molecule has 9 heteroatoms. The van der Waals surface area contributed by atoms with E-state index in [-0.39, 0.29) is 11.8 Å². The zero-order chi connectivity index (χ0) is 19.3. The van der Waals surface area contributed by atoms with E-state index in [9.17, 15) is 9.18 Å². The predicted octanol–water partition coefficient (Wildman–Crippen LogP) is 3.72. The highest BCUT2D eigenvalue weighted by Crippen LogP contribution is 2.56. The first-order chi connectivity index (χ1) is 13.5. The topological polar surface area (TPSA) is 84.2 Å². The number of hydrogen-bond acceptors (Lipinski definition) is 6. The Labute approximate surface area is 164 Å². The van der Waals surface area contributed by atoms with Gasteiger partial charge in [-0.25, -0.2) is 14.2 Å². The second-order valence-corrected chi connectivity index (χ2v) is 8.54. The van der Waals surface area contributed by atoms with Gasteiger partial charge in [-0.1, -0.05) is 17.3 Å². The second-order valence-electron chi connectivity index (χ2n) is 7.43. The molecular formula is C19H18FN5O2S. The van der Waals surface area contributed by atoms with Crippen LogP contribution in [0.5, 0.6) is 0 Å². The number of urea groups is 1. The third-order valence-electron chi connectivity index (χ3n) is 5.44. The number of aromatic nitrogens is 3. The van der Waals surface area contributed by atoms with Gasteiger partial charge in [0.1, 0.15) is 11.4 Å². The molecule has 0 atom stereocenters. The third-order valence-corrected chi connectivity index (χ3v) is 6.35. The Bertz CT molecular complexity index is 1030. The van der Waals surface area contributed by atoms with Gasteiger partial charge in [-0.2, -0.15) is 4.98 Å². The Balaban J connectivity index is 1.28. The van der Waals surface area contributed by atoms with Gasteiger partial charge in [-0.15, -0.1) is 11.3 Å². The van der Waals surface area contributed by atoms with Crippen LogP contribution in [-0.2, 0) is 12.0 Å². The van der Waals surface area contributed by atoms with Crippen LogP contribution in [0.1, 0.15) is 35.0 Å². The van der Waals surface area contributed by atoms with Crippen molar-refractivity contribution in [2.45, 2.75) is 31.7 Å². The molecular weight excluding hydrogens is 381 g/mol. The van der Waals surface area contributed by atoms with E-state index in [4.69, 9.17) is 4.52 Å². The smallest absolute Gasteiger partial charge is 0.324 e. The lowest BCUT2D eigenvalue weighted by Gasteiger charge is -2.38. The molecule has 28 heavy (non-hydrogen) atoms. The van der Waals surface area contributed by atoms with Crippen LogP contribution in [-0.4, -0.2) is 32.6 Å². The SMILES string of the molecule is Cc1noc(C23CC(CN2C(=O)Nc2ncc(Cc4ccc(F)cc4)s2)C3)n1. The van der Waals surface area contributed by atoms with Gasteiger partial charge < -0.3 is 9.42 Å². The fraction of sp³-hybridized carbons (Fsp3) is 0.368. The number of carbonyl (C=O) groups is 1. The Morgan fingerprint density at radius 1 is 1.39 bits per heavy atom. The zero-order valence-corrected chi connectivity index (χ0v) is 16.0. The van der Waals surface area contributed by atoms with Crippen molar-refractivity contribution in [2.24, 2.45) is 5.92 Å². The number of thiazole rings is 1. The maximum Gasteiger partial charge on any atom is 0.324 e. The van der Waals surface area contributed by atoms with E-state index >= 15 is 0 Å². The Morgan fingerprint density at radius 2 is 2.18 bits per heavy atom. The van der Waals surface area contributed by atoms with E-state index in [0.717, 1.165) is 23.3 Å². The molecule has 6 rings (SSSR count).